The third-order valence-electron chi connectivity index (χ3n) is 4.06. The van der Waals surface area contributed by atoms with Crippen molar-refractivity contribution in [2.45, 2.75) is 31.8 Å². The lowest BCUT2D eigenvalue weighted by Gasteiger charge is -2.25. The number of rotatable bonds is 4. The maximum absolute atomic E-state index is 11.3. The molecular weight excluding hydrogens is 260 g/mol. The Kier molecular flexibility index (Phi) is 3.79. The fourth-order valence-electron chi connectivity index (χ4n) is 2.91. The lowest BCUT2D eigenvalue weighted by molar-refractivity contribution is 0.0998. The predicted molar refractivity (Wildman–Crippen MR) is 76.3 cm³/mol. The summed E-state index contributed by atoms with van der Waals surface area (Å²) < 4.78 is 1.96. The molecule has 1 saturated heterocycles. The Bertz CT molecular complexity index is 467. The molecule has 0 unspecified atom stereocenters. The Labute approximate surface area is 117 Å². The van der Waals surface area contributed by atoms with E-state index >= 15 is 0 Å². The molecular formula is C13H20N4OS. The van der Waals surface area contributed by atoms with Crippen LogP contribution in [0.3, 0.4) is 0 Å². The molecule has 104 valence electrons. The van der Waals surface area contributed by atoms with Crippen LogP contribution in [0.4, 0.5) is 0 Å². The van der Waals surface area contributed by atoms with Crippen LogP contribution in [0.25, 0.3) is 0 Å². The van der Waals surface area contributed by atoms with Crippen molar-refractivity contribution in [3.8, 4) is 0 Å². The molecule has 2 aliphatic rings. The zero-order valence-electron chi connectivity index (χ0n) is 11.0. The van der Waals surface area contributed by atoms with Crippen LogP contribution in [0.2, 0.25) is 0 Å². The summed E-state index contributed by atoms with van der Waals surface area (Å²) in [7, 11) is 0. The predicted octanol–water partition coefficient (Wildman–Crippen LogP) is 0.639. The van der Waals surface area contributed by atoms with Gasteiger partial charge in [0.1, 0.15) is 0 Å². The molecule has 0 aliphatic carbocycles. The van der Waals surface area contributed by atoms with E-state index in [1.54, 1.807) is 6.20 Å². The second kappa shape index (κ2) is 5.54. The minimum atomic E-state index is -0.360. The standard InChI is InChI=1S/C13H20N4OS/c14-13(18)11-6-16-17-7-9(1-2-12(11)17)5-15-10-3-4-19-8-10/h6,9-10,15H,1-5,7-8H2,(H2,14,18)/t9-,10+/m1/s1. The van der Waals surface area contributed by atoms with Gasteiger partial charge in [0, 0.05) is 24.9 Å². The average Bonchev–Trinajstić information content (AvgIpc) is 3.05. The number of nitrogens with one attached hydrogen (secondary N) is 1. The van der Waals surface area contributed by atoms with Gasteiger partial charge < -0.3 is 11.1 Å². The van der Waals surface area contributed by atoms with Gasteiger partial charge in [-0.2, -0.15) is 16.9 Å². The maximum atomic E-state index is 11.3. The number of carbonyl (C=O) groups is 1. The maximum Gasteiger partial charge on any atom is 0.252 e. The molecule has 0 bridgehead atoms. The molecule has 19 heavy (non-hydrogen) atoms. The number of carbonyl (C=O) groups excluding carboxylic acids is 1. The molecule has 1 amide bonds. The largest absolute Gasteiger partial charge is 0.365 e. The smallest absolute Gasteiger partial charge is 0.252 e. The number of amides is 1. The van der Waals surface area contributed by atoms with Crippen LogP contribution in [0, 0.1) is 5.92 Å². The van der Waals surface area contributed by atoms with Gasteiger partial charge in [0.15, 0.2) is 0 Å². The van der Waals surface area contributed by atoms with Gasteiger partial charge >= 0.3 is 0 Å². The highest BCUT2D eigenvalue weighted by Crippen LogP contribution is 2.23. The van der Waals surface area contributed by atoms with Gasteiger partial charge in [0.25, 0.3) is 5.91 Å². The number of fused-ring (bicyclic) bond motifs is 1. The number of hydrogen-bond donors (Lipinski definition) is 2. The third-order valence-corrected chi connectivity index (χ3v) is 5.22. The van der Waals surface area contributed by atoms with E-state index in [1.165, 1.54) is 17.9 Å². The zero-order chi connectivity index (χ0) is 13.2. The van der Waals surface area contributed by atoms with Crippen molar-refractivity contribution >= 4 is 17.7 Å². The quantitative estimate of drug-likeness (QED) is 0.849. The number of hydrogen-bond acceptors (Lipinski definition) is 4. The van der Waals surface area contributed by atoms with Gasteiger partial charge in [-0.25, -0.2) is 0 Å². The van der Waals surface area contributed by atoms with Crippen molar-refractivity contribution < 1.29 is 4.79 Å². The summed E-state index contributed by atoms with van der Waals surface area (Å²) >= 11 is 2.03. The normalized spacial score (nSPS) is 26.3. The summed E-state index contributed by atoms with van der Waals surface area (Å²) in [6, 6.07) is 0.685. The second-order valence-corrected chi connectivity index (χ2v) is 6.57. The van der Waals surface area contributed by atoms with Crippen LogP contribution in [-0.2, 0) is 13.0 Å². The Hall–Kier alpha value is -1.01. The van der Waals surface area contributed by atoms with Crippen molar-refractivity contribution in [1.29, 1.82) is 0 Å². The molecule has 1 fully saturated rings. The Morgan fingerprint density at radius 1 is 1.58 bits per heavy atom. The van der Waals surface area contributed by atoms with Crippen LogP contribution in [0.15, 0.2) is 6.20 Å². The third kappa shape index (κ3) is 2.79. The molecule has 2 aliphatic heterocycles. The molecule has 0 spiro atoms. The molecule has 1 aromatic heterocycles. The van der Waals surface area contributed by atoms with Crippen molar-refractivity contribution in [2.24, 2.45) is 11.7 Å². The topological polar surface area (TPSA) is 72.9 Å². The molecule has 1 aromatic rings. The van der Waals surface area contributed by atoms with Gasteiger partial charge in [-0.1, -0.05) is 0 Å². The van der Waals surface area contributed by atoms with E-state index < -0.39 is 0 Å². The van der Waals surface area contributed by atoms with E-state index in [4.69, 9.17) is 5.73 Å². The van der Waals surface area contributed by atoms with Crippen molar-refractivity contribution in [3.63, 3.8) is 0 Å². The van der Waals surface area contributed by atoms with E-state index in [2.05, 4.69) is 10.4 Å². The first-order valence-corrected chi connectivity index (χ1v) is 8.05. The van der Waals surface area contributed by atoms with Crippen LogP contribution >= 0.6 is 11.8 Å². The van der Waals surface area contributed by atoms with Crippen LogP contribution in [0.5, 0.6) is 0 Å². The van der Waals surface area contributed by atoms with Crippen molar-refractivity contribution in [2.75, 3.05) is 18.1 Å². The van der Waals surface area contributed by atoms with Crippen LogP contribution in [0.1, 0.15) is 28.9 Å². The molecule has 0 saturated carbocycles. The average molecular weight is 280 g/mol. The van der Waals surface area contributed by atoms with Crippen LogP contribution < -0.4 is 11.1 Å². The van der Waals surface area contributed by atoms with Crippen LogP contribution in [-0.4, -0.2) is 39.8 Å². The molecule has 0 radical (unpaired) electrons. The van der Waals surface area contributed by atoms with Crippen molar-refractivity contribution in [1.82, 2.24) is 15.1 Å². The van der Waals surface area contributed by atoms with Gasteiger partial charge in [-0.05, 0) is 30.9 Å². The SMILES string of the molecule is NC(=O)c1cnn2c1CC[C@H](CN[C@H]1CCSC1)C2. The Morgan fingerprint density at radius 2 is 2.47 bits per heavy atom. The molecule has 3 N–H and O–H groups in total. The summed E-state index contributed by atoms with van der Waals surface area (Å²) in [5.74, 6) is 2.78. The minimum absolute atomic E-state index is 0.360. The molecule has 2 atom stereocenters. The molecule has 3 rings (SSSR count). The number of nitrogens with two attached hydrogens (primary N) is 1. The summed E-state index contributed by atoms with van der Waals surface area (Å²) in [6.45, 7) is 1.95. The minimum Gasteiger partial charge on any atom is -0.365 e. The summed E-state index contributed by atoms with van der Waals surface area (Å²) in [4.78, 5) is 11.3. The van der Waals surface area contributed by atoms with E-state index in [-0.39, 0.29) is 5.91 Å². The summed E-state index contributed by atoms with van der Waals surface area (Å²) in [5.41, 5.74) is 6.96. The second-order valence-electron chi connectivity index (χ2n) is 5.42. The summed E-state index contributed by atoms with van der Waals surface area (Å²) in [5, 5.41) is 7.95. The number of thioether (sulfide) groups is 1. The van der Waals surface area contributed by atoms with Gasteiger partial charge in [-0.3, -0.25) is 9.48 Å². The van der Waals surface area contributed by atoms with Crippen molar-refractivity contribution in [3.05, 3.63) is 17.5 Å². The number of nitrogens with zero attached hydrogens (tertiary/aromatic N) is 2. The van der Waals surface area contributed by atoms with E-state index in [0.29, 0.717) is 17.5 Å². The number of primary amides is 1. The van der Waals surface area contributed by atoms with Gasteiger partial charge in [0.05, 0.1) is 17.5 Å². The fourth-order valence-corrected chi connectivity index (χ4v) is 4.10. The fraction of sp³-hybridized carbons (Fsp3) is 0.692. The monoisotopic (exact) mass is 280 g/mol. The molecule has 5 nitrogen and oxygen atoms in total. The lowest BCUT2D eigenvalue weighted by atomic mass is 9.96. The van der Waals surface area contributed by atoms with Gasteiger partial charge in [-0.15, -0.1) is 0 Å². The Balaban J connectivity index is 1.58. The molecule has 3 heterocycles. The highest BCUT2D eigenvalue weighted by Gasteiger charge is 2.24. The van der Waals surface area contributed by atoms with E-state index in [0.717, 1.165) is 31.6 Å². The highest BCUT2D eigenvalue weighted by molar-refractivity contribution is 7.99. The first kappa shape index (κ1) is 13.0. The van der Waals surface area contributed by atoms with Gasteiger partial charge in [0.2, 0.25) is 0 Å². The molecule has 6 heteroatoms. The Morgan fingerprint density at radius 3 is 3.21 bits per heavy atom. The highest BCUT2D eigenvalue weighted by atomic mass is 32.2. The van der Waals surface area contributed by atoms with E-state index in [1.807, 2.05) is 16.4 Å². The lowest BCUT2D eigenvalue weighted by Crippen LogP contribution is -2.36. The zero-order valence-corrected chi connectivity index (χ0v) is 11.8. The molecule has 0 aromatic carbocycles. The first-order chi connectivity index (χ1) is 9.24. The van der Waals surface area contributed by atoms with E-state index in [9.17, 15) is 4.79 Å². The first-order valence-electron chi connectivity index (χ1n) is 6.89. The summed E-state index contributed by atoms with van der Waals surface area (Å²) in [6.07, 6.45) is 4.92. The number of aromatic nitrogens is 2.